The smallest absolute Gasteiger partial charge is 0.136 e. The summed E-state index contributed by atoms with van der Waals surface area (Å²) in [4.78, 5) is 0. The van der Waals surface area contributed by atoms with Crippen molar-refractivity contribution in [3.63, 3.8) is 0 Å². The maximum absolute atomic E-state index is 9.50. The van der Waals surface area contributed by atoms with Crippen LogP contribution in [0.15, 0.2) is 96.0 Å². The molecule has 3 nitrogen and oxygen atoms in total. The molecule has 0 unspecified atom stereocenters. The first-order valence-electron chi connectivity index (χ1n) is 13.1. The summed E-state index contributed by atoms with van der Waals surface area (Å²) >= 11 is 0. The van der Waals surface area contributed by atoms with E-state index >= 15 is 0 Å². The first-order chi connectivity index (χ1) is 19.5. The number of hydrogen-bond donors (Lipinski definition) is 0. The highest BCUT2D eigenvalue weighted by atomic mass is 16.3. The molecule has 40 heavy (non-hydrogen) atoms. The zero-order valence-corrected chi connectivity index (χ0v) is 22.8. The SMILES string of the molecule is C=C/C=C\c1ccc(=C/C=C(\C)c2ccc3oc4cccc(-c5cc(C#N)cc(C#N)c5)c4c3c2)/c(=C/C)c1C. The maximum Gasteiger partial charge on any atom is 0.136 e. The number of hydrogen-bond acceptors (Lipinski definition) is 3. The van der Waals surface area contributed by atoms with Crippen LogP contribution >= 0.6 is 0 Å². The molecule has 0 N–H and O–H groups in total. The van der Waals surface area contributed by atoms with Gasteiger partial charge in [0.1, 0.15) is 11.2 Å². The average molecular weight is 517 g/mol. The molecule has 5 rings (SSSR count). The Labute approximate surface area is 234 Å². The van der Waals surface area contributed by atoms with Gasteiger partial charge in [0.15, 0.2) is 0 Å². The molecule has 1 heterocycles. The molecule has 0 radical (unpaired) electrons. The highest BCUT2D eigenvalue weighted by Gasteiger charge is 2.14. The number of nitriles is 2. The quantitative estimate of drug-likeness (QED) is 0.221. The molecule has 0 bridgehead atoms. The summed E-state index contributed by atoms with van der Waals surface area (Å²) in [6.07, 6.45) is 12.3. The molecule has 0 saturated carbocycles. The van der Waals surface area contributed by atoms with Crippen LogP contribution in [0.25, 0.3) is 56.9 Å². The molecule has 1 aromatic heterocycles. The van der Waals surface area contributed by atoms with E-state index in [0.29, 0.717) is 11.1 Å². The number of nitrogens with zero attached hydrogens (tertiary/aromatic N) is 2. The summed E-state index contributed by atoms with van der Waals surface area (Å²) in [6, 6.07) is 26.0. The van der Waals surface area contributed by atoms with Crippen LogP contribution in [0.2, 0.25) is 0 Å². The second-order valence-corrected chi connectivity index (χ2v) is 9.70. The Balaban J connectivity index is 1.64. The number of allylic oxidation sites excluding steroid dienone is 4. The molecule has 0 aliphatic carbocycles. The van der Waals surface area contributed by atoms with E-state index in [1.165, 1.54) is 16.3 Å². The van der Waals surface area contributed by atoms with Crippen molar-refractivity contribution in [3.8, 4) is 23.3 Å². The first kappa shape index (κ1) is 26.2. The van der Waals surface area contributed by atoms with Gasteiger partial charge in [-0.05, 0) is 101 Å². The predicted octanol–water partition coefficient (Wildman–Crippen LogP) is 8.19. The van der Waals surface area contributed by atoms with Crippen LogP contribution in [0, 0.1) is 29.6 Å². The second kappa shape index (κ2) is 11.2. The lowest BCUT2D eigenvalue weighted by Crippen LogP contribution is -2.27. The van der Waals surface area contributed by atoms with Gasteiger partial charge in [0.25, 0.3) is 0 Å². The van der Waals surface area contributed by atoms with E-state index in [9.17, 15) is 10.5 Å². The van der Waals surface area contributed by atoms with Crippen LogP contribution in [0.4, 0.5) is 0 Å². The lowest BCUT2D eigenvalue weighted by molar-refractivity contribution is 0.669. The third-order valence-corrected chi connectivity index (χ3v) is 7.26. The maximum atomic E-state index is 9.50. The number of benzene rings is 4. The van der Waals surface area contributed by atoms with Crippen molar-refractivity contribution < 1.29 is 4.42 Å². The van der Waals surface area contributed by atoms with Gasteiger partial charge in [0.05, 0.1) is 23.3 Å². The van der Waals surface area contributed by atoms with Gasteiger partial charge in [0, 0.05) is 10.8 Å². The van der Waals surface area contributed by atoms with Crippen LogP contribution < -0.4 is 10.4 Å². The molecule has 0 aliphatic heterocycles. The van der Waals surface area contributed by atoms with Gasteiger partial charge >= 0.3 is 0 Å². The molecule has 0 aliphatic rings. The lowest BCUT2D eigenvalue weighted by atomic mass is 9.95. The predicted molar refractivity (Wildman–Crippen MR) is 167 cm³/mol. The molecule has 3 heteroatoms. The summed E-state index contributed by atoms with van der Waals surface area (Å²) in [6.45, 7) is 10.1. The van der Waals surface area contributed by atoms with Crippen molar-refractivity contribution in [2.75, 3.05) is 0 Å². The van der Waals surface area contributed by atoms with Gasteiger partial charge in [0.2, 0.25) is 0 Å². The molecule has 192 valence electrons. The van der Waals surface area contributed by atoms with Crippen LogP contribution in [0.5, 0.6) is 0 Å². The Morgan fingerprint density at radius 2 is 1.70 bits per heavy atom. The molecule has 0 fully saturated rings. The molecule has 5 aromatic rings. The largest absolute Gasteiger partial charge is 0.456 e. The fourth-order valence-corrected chi connectivity index (χ4v) is 5.18. The van der Waals surface area contributed by atoms with Gasteiger partial charge in [-0.3, -0.25) is 0 Å². The van der Waals surface area contributed by atoms with Gasteiger partial charge in [-0.25, -0.2) is 0 Å². The van der Waals surface area contributed by atoms with E-state index in [1.807, 2.05) is 42.5 Å². The Morgan fingerprint density at radius 3 is 2.40 bits per heavy atom. The zero-order valence-electron chi connectivity index (χ0n) is 22.8. The van der Waals surface area contributed by atoms with Gasteiger partial charge in [-0.1, -0.05) is 73.4 Å². The van der Waals surface area contributed by atoms with Crippen LogP contribution in [0.3, 0.4) is 0 Å². The molecular weight excluding hydrogens is 488 g/mol. The highest BCUT2D eigenvalue weighted by Crippen LogP contribution is 2.38. The molecule has 4 aromatic carbocycles. The minimum absolute atomic E-state index is 0.456. The van der Waals surface area contributed by atoms with E-state index in [1.54, 1.807) is 12.1 Å². The highest BCUT2D eigenvalue weighted by molar-refractivity contribution is 6.13. The summed E-state index contributed by atoms with van der Waals surface area (Å²) in [5.74, 6) is 0. The standard InChI is InChI=1S/C37H28N2O/c1-5-7-9-28-14-15-29(32(6-2)25(28)4)13-12-24(3)30-16-17-35-34(21-30)37-33(10-8-11-36(37)40-35)31-19-26(22-38)18-27(20-31)23-39/h5-21H,1H2,2-4H3/b9-7-,24-12+,29-13-,32-6+. The lowest BCUT2D eigenvalue weighted by Gasteiger charge is -2.06. The minimum atomic E-state index is 0.456. The van der Waals surface area contributed by atoms with Crippen molar-refractivity contribution in [1.29, 1.82) is 10.5 Å². The minimum Gasteiger partial charge on any atom is -0.456 e. The summed E-state index contributed by atoms with van der Waals surface area (Å²) in [5, 5.41) is 23.4. The third kappa shape index (κ3) is 4.90. The van der Waals surface area contributed by atoms with E-state index < -0.39 is 0 Å². The van der Waals surface area contributed by atoms with E-state index in [2.05, 4.69) is 88.1 Å². The van der Waals surface area contributed by atoms with E-state index in [4.69, 9.17) is 4.42 Å². The Kier molecular flexibility index (Phi) is 7.32. The molecule has 0 amide bonds. The second-order valence-electron chi connectivity index (χ2n) is 9.70. The van der Waals surface area contributed by atoms with E-state index in [0.717, 1.165) is 49.4 Å². The van der Waals surface area contributed by atoms with Crippen molar-refractivity contribution in [3.05, 3.63) is 130 Å². The first-order valence-corrected chi connectivity index (χ1v) is 13.1. The van der Waals surface area contributed by atoms with Crippen molar-refractivity contribution in [2.45, 2.75) is 20.8 Å². The van der Waals surface area contributed by atoms with Gasteiger partial charge in [-0.15, -0.1) is 0 Å². The Bertz CT molecular complexity index is 2040. The van der Waals surface area contributed by atoms with Crippen molar-refractivity contribution in [2.24, 2.45) is 0 Å². The summed E-state index contributed by atoms with van der Waals surface area (Å²) in [7, 11) is 0. The molecule has 0 spiro atoms. The van der Waals surface area contributed by atoms with Crippen molar-refractivity contribution >= 4 is 45.7 Å². The monoisotopic (exact) mass is 516 g/mol. The number of rotatable bonds is 5. The topological polar surface area (TPSA) is 60.7 Å². The fraction of sp³-hybridized carbons (Fsp3) is 0.0811. The Morgan fingerprint density at radius 1 is 0.925 bits per heavy atom. The molecule has 0 atom stereocenters. The molecule has 0 saturated heterocycles. The fourth-order valence-electron chi connectivity index (χ4n) is 5.18. The summed E-state index contributed by atoms with van der Waals surface area (Å²) in [5.41, 5.74) is 8.86. The number of furan rings is 1. The van der Waals surface area contributed by atoms with Crippen molar-refractivity contribution in [1.82, 2.24) is 0 Å². The van der Waals surface area contributed by atoms with Crippen LogP contribution in [0.1, 0.15) is 41.7 Å². The van der Waals surface area contributed by atoms with Crippen LogP contribution in [-0.4, -0.2) is 0 Å². The van der Waals surface area contributed by atoms with Gasteiger partial charge in [-0.2, -0.15) is 10.5 Å². The zero-order chi connectivity index (χ0) is 28.2. The summed E-state index contributed by atoms with van der Waals surface area (Å²) < 4.78 is 6.20. The number of fused-ring (bicyclic) bond motifs is 3. The third-order valence-electron chi connectivity index (χ3n) is 7.26. The normalized spacial score (nSPS) is 12.8. The van der Waals surface area contributed by atoms with Crippen LogP contribution in [-0.2, 0) is 0 Å². The van der Waals surface area contributed by atoms with E-state index in [-0.39, 0.29) is 0 Å². The average Bonchev–Trinajstić information content (AvgIpc) is 3.37. The van der Waals surface area contributed by atoms with Gasteiger partial charge < -0.3 is 4.42 Å². The Hall–Kier alpha value is -5.38. The molecular formula is C37H28N2O.